The molecule has 0 bridgehead atoms. The average Bonchev–Trinajstić information content (AvgIpc) is 2.86. The molecule has 182 valence electrons. The summed E-state index contributed by atoms with van der Waals surface area (Å²) in [4.78, 5) is 32.2. The molecule has 1 aliphatic rings. The number of aromatic nitrogens is 1. The predicted molar refractivity (Wildman–Crippen MR) is 138 cm³/mol. The van der Waals surface area contributed by atoms with Gasteiger partial charge in [0.15, 0.2) is 6.61 Å². The number of nitrogens with zero attached hydrogens (tertiary/aromatic N) is 2. The van der Waals surface area contributed by atoms with Crippen molar-refractivity contribution in [3.8, 4) is 18.1 Å². The minimum atomic E-state index is -0.587. The van der Waals surface area contributed by atoms with Gasteiger partial charge in [-0.05, 0) is 43.4 Å². The number of halogens is 3. The molecule has 6 nitrogen and oxygen atoms in total. The molecule has 0 saturated heterocycles. The van der Waals surface area contributed by atoms with Gasteiger partial charge in [0, 0.05) is 23.4 Å². The first kappa shape index (κ1) is 26.6. The molecule has 0 radical (unpaired) electrons. The van der Waals surface area contributed by atoms with E-state index in [2.05, 4.69) is 17.5 Å². The van der Waals surface area contributed by atoms with Crippen molar-refractivity contribution in [2.75, 3.05) is 18.1 Å². The van der Waals surface area contributed by atoms with Crippen molar-refractivity contribution in [2.45, 2.75) is 32.2 Å². The predicted octanol–water partition coefficient (Wildman–Crippen LogP) is 6.19. The summed E-state index contributed by atoms with van der Waals surface area (Å²) in [5.74, 6) is 1.64. The van der Waals surface area contributed by atoms with E-state index in [1.165, 1.54) is 11.0 Å². The van der Waals surface area contributed by atoms with E-state index in [9.17, 15) is 9.59 Å². The van der Waals surface area contributed by atoms with Crippen molar-refractivity contribution in [2.24, 2.45) is 0 Å². The zero-order chi connectivity index (χ0) is 25.4. The summed E-state index contributed by atoms with van der Waals surface area (Å²) >= 11 is 18.8. The number of hydrogen-bond acceptors (Lipinski definition) is 5. The van der Waals surface area contributed by atoms with Crippen molar-refractivity contribution < 1.29 is 19.1 Å². The Morgan fingerprint density at radius 1 is 1.14 bits per heavy atom. The second kappa shape index (κ2) is 12.6. The Balaban J connectivity index is 2.09. The zero-order valence-electron chi connectivity index (χ0n) is 18.9. The average molecular weight is 534 g/mol. The standard InChI is InChI=1S/C26H23Cl3N2O4/c1-3-11-34-23-14-22(20(27)13-21(23)28)31(16-17-9-10-24(29)30-15-17)25(32)18-7-5-6-8-19(18)26(33)35-12-4-2/h2-3,9-10,13-15H,1,5-8,11-12,16H2. The first-order valence-electron chi connectivity index (χ1n) is 10.8. The number of terminal acetylenes is 1. The van der Waals surface area contributed by atoms with E-state index in [1.807, 2.05) is 0 Å². The maximum atomic E-state index is 13.9. The minimum absolute atomic E-state index is 0.113. The first-order valence-corrected chi connectivity index (χ1v) is 12.0. The van der Waals surface area contributed by atoms with Crippen LogP contribution in [-0.2, 0) is 20.9 Å². The lowest BCUT2D eigenvalue weighted by molar-refractivity contribution is -0.138. The number of hydrogen-bond donors (Lipinski definition) is 0. The van der Waals surface area contributed by atoms with Crippen LogP contribution in [0.4, 0.5) is 5.69 Å². The van der Waals surface area contributed by atoms with E-state index in [4.69, 9.17) is 50.7 Å². The van der Waals surface area contributed by atoms with Gasteiger partial charge in [-0.2, -0.15) is 0 Å². The molecule has 1 aromatic heterocycles. The largest absolute Gasteiger partial charge is 0.488 e. The van der Waals surface area contributed by atoms with Crippen LogP contribution in [0, 0.1) is 12.3 Å². The third kappa shape index (κ3) is 6.79. The quantitative estimate of drug-likeness (QED) is 0.166. The summed E-state index contributed by atoms with van der Waals surface area (Å²) in [5.41, 5.74) is 1.75. The zero-order valence-corrected chi connectivity index (χ0v) is 21.1. The van der Waals surface area contributed by atoms with Crippen LogP contribution in [0.3, 0.4) is 0 Å². The summed E-state index contributed by atoms with van der Waals surface area (Å²) in [7, 11) is 0. The Kier molecular flexibility index (Phi) is 9.62. The Labute approximate surface area is 219 Å². The molecule has 0 atom stereocenters. The number of pyridine rings is 1. The number of rotatable bonds is 9. The van der Waals surface area contributed by atoms with Gasteiger partial charge in [0.2, 0.25) is 0 Å². The number of esters is 1. The SMILES string of the molecule is C#CCOC(=O)C1=C(C(=O)N(Cc2ccc(Cl)nc2)c2cc(OCC=C)c(Cl)cc2Cl)CCCC1. The third-order valence-corrected chi connectivity index (χ3v) is 6.10. The number of anilines is 1. The molecule has 1 heterocycles. The van der Waals surface area contributed by atoms with Gasteiger partial charge in [-0.25, -0.2) is 9.78 Å². The van der Waals surface area contributed by atoms with Crippen LogP contribution < -0.4 is 9.64 Å². The summed E-state index contributed by atoms with van der Waals surface area (Å²) < 4.78 is 10.8. The maximum absolute atomic E-state index is 13.9. The topological polar surface area (TPSA) is 68.7 Å². The van der Waals surface area contributed by atoms with E-state index in [0.717, 1.165) is 12.8 Å². The molecule has 1 aromatic carbocycles. The van der Waals surface area contributed by atoms with Crippen LogP contribution in [0.1, 0.15) is 31.2 Å². The molecule has 0 saturated carbocycles. The molecule has 0 N–H and O–H groups in total. The fourth-order valence-corrected chi connectivity index (χ4v) is 4.31. The smallest absolute Gasteiger partial charge is 0.335 e. The molecule has 1 amide bonds. The van der Waals surface area contributed by atoms with Crippen LogP contribution in [0.15, 0.2) is 54.3 Å². The van der Waals surface area contributed by atoms with E-state index in [1.54, 1.807) is 30.5 Å². The monoisotopic (exact) mass is 532 g/mol. The normalized spacial score (nSPS) is 13.1. The van der Waals surface area contributed by atoms with Crippen LogP contribution in [0.25, 0.3) is 0 Å². The summed E-state index contributed by atoms with van der Waals surface area (Å²) in [6.45, 7) is 3.80. The Bertz CT molecular complexity index is 1190. The van der Waals surface area contributed by atoms with Gasteiger partial charge in [-0.3, -0.25) is 4.79 Å². The van der Waals surface area contributed by atoms with Crippen molar-refractivity contribution in [3.63, 3.8) is 0 Å². The van der Waals surface area contributed by atoms with Gasteiger partial charge in [-0.15, -0.1) is 6.42 Å². The van der Waals surface area contributed by atoms with Crippen molar-refractivity contribution in [3.05, 3.63) is 75.0 Å². The summed E-state index contributed by atoms with van der Waals surface area (Å²) in [5, 5.41) is 0.852. The van der Waals surface area contributed by atoms with Crippen molar-refractivity contribution in [1.82, 2.24) is 4.98 Å². The molecule has 0 spiro atoms. The Morgan fingerprint density at radius 2 is 1.89 bits per heavy atom. The van der Waals surface area contributed by atoms with Crippen molar-refractivity contribution in [1.29, 1.82) is 0 Å². The molecule has 9 heteroatoms. The molecule has 0 unspecified atom stereocenters. The highest BCUT2D eigenvalue weighted by Crippen LogP contribution is 2.39. The molecule has 1 aliphatic carbocycles. The highest BCUT2D eigenvalue weighted by Gasteiger charge is 2.30. The Hall–Kier alpha value is -2.98. The lowest BCUT2D eigenvalue weighted by atomic mass is 9.90. The lowest BCUT2D eigenvalue weighted by Crippen LogP contribution is -2.34. The fourth-order valence-electron chi connectivity index (χ4n) is 3.66. The molecule has 0 fully saturated rings. The van der Waals surface area contributed by atoms with Gasteiger partial charge in [-0.1, -0.05) is 59.4 Å². The van der Waals surface area contributed by atoms with Gasteiger partial charge in [0.25, 0.3) is 5.91 Å². The number of amides is 1. The van der Waals surface area contributed by atoms with Crippen LogP contribution in [0.2, 0.25) is 15.2 Å². The lowest BCUT2D eigenvalue weighted by Gasteiger charge is -2.28. The molecular formula is C26H23Cl3N2O4. The second-order valence-electron chi connectivity index (χ2n) is 7.66. The van der Waals surface area contributed by atoms with Gasteiger partial charge >= 0.3 is 5.97 Å². The number of carbonyl (C=O) groups excluding carboxylic acids is 2. The van der Waals surface area contributed by atoms with E-state index >= 15 is 0 Å². The highest BCUT2D eigenvalue weighted by atomic mass is 35.5. The van der Waals surface area contributed by atoms with Crippen LogP contribution in [0.5, 0.6) is 5.75 Å². The molecule has 3 rings (SSSR count). The highest BCUT2D eigenvalue weighted by molar-refractivity contribution is 6.37. The molecule has 35 heavy (non-hydrogen) atoms. The Morgan fingerprint density at radius 3 is 2.54 bits per heavy atom. The number of carbonyl (C=O) groups is 2. The maximum Gasteiger partial charge on any atom is 0.335 e. The van der Waals surface area contributed by atoms with Gasteiger partial charge < -0.3 is 14.4 Å². The molecule has 0 aliphatic heterocycles. The second-order valence-corrected chi connectivity index (χ2v) is 8.86. The third-order valence-electron chi connectivity index (χ3n) is 5.28. The van der Waals surface area contributed by atoms with Crippen LogP contribution >= 0.6 is 34.8 Å². The first-order chi connectivity index (χ1) is 16.8. The summed E-state index contributed by atoms with van der Waals surface area (Å²) in [6.07, 6.45) is 10.7. The molecule has 2 aromatic rings. The summed E-state index contributed by atoms with van der Waals surface area (Å²) in [6, 6.07) is 6.49. The van der Waals surface area contributed by atoms with Gasteiger partial charge in [0.05, 0.1) is 22.3 Å². The van der Waals surface area contributed by atoms with Crippen LogP contribution in [-0.4, -0.2) is 30.1 Å². The molecular weight excluding hydrogens is 511 g/mol. The van der Waals surface area contributed by atoms with E-state index in [-0.39, 0.29) is 35.7 Å². The van der Waals surface area contributed by atoms with Gasteiger partial charge in [0.1, 0.15) is 17.5 Å². The van der Waals surface area contributed by atoms with E-state index < -0.39 is 5.97 Å². The van der Waals surface area contributed by atoms with Crippen molar-refractivity contribution >= 4 is 52.4 Å². The number of ether oxygens (including phenoxy) is 2. The number of benzene rings is 1. The minimum Gasteiger partial charge on any atom is -0.488 e. The van der Waals surface area contributed by atoms with E-state index in [0.29, 0.717) is 46.1 Å². The fraction of sp³-hybridized carbons (Fsp3) is 0.269.